The molecule has 0 radical (unpaired) electrons. The molecular formula is C19H24FN3O. The van der Waals surface area contributed by atoms with E-state index in [0.29, 0.717) is 17.7 Å². The predicted molar refractivity (Wildman–Crippen MR) is 91.5 cm³/mol. The lowest BCUT2D eigenvalue weighted by molar-refractivity contribution is 0.0755. The highest BCUT2D eigenvalue weighted by atomic mass is 19.1. The largest absolute Gasteiger partial charge is 0.337 e. The maximum Gasteiger partial charge on any atom is 0.274 e. The Morgan fingerprint density at radius 1 is 1.21 bits per heavy atom. The number of hydrogen-bond acceptors (Lipinski definition) is 2. The van der Waals surface area contributed by atoms with Gasteiger partial charge in [0.15, 0.2) is 0 Å². The number of imidazole rings is 1. The van der Waals surface area contributed by atoms with E-state index in [0.717, 1.165) is 37.9 Å². The van der Waals surface area contributed by atoms with E-state index < -0.39 is 0 Å². The maximum atomic E-state index is 13.1. The zero-order valence-electron chi connectivity index (χ0n) is 14.3. The van der Waals surface area contributed by atoms with E-state index >= 15 is 0 Å². The summed E-state index contributed by atoms with van der Waals surface area (Å²) < 4.78 is 15.0. The van der Waals surface area contributed by atoms with Crippen LogP contribution in [-0.4, -0.2) is 33.4 Å². The van der Waals surface area contributed by atoms with E-state index in [1.165, 1.54) is 12.1 Å². The molecule has 24 heavy (non-hydrogen) atoms. The molecule has 0 aliphatic carbocycles. The van der Waals surface area contributed by atoms with Crippen LogP contribution in [0.4, 0.5) is 4.39 Å². The summed E-state index contributed by atoms with van der Waals surface area (Å²) in [5, 5.41) is 0. The molecule has 0 spiro atoms. The number of benzene rings is 1. The molecule has 0 bridgehead atoms. The normalized spacial score (nSPS) is 18.7. The second-order valence-corrected chi connectivity index (χ2v) is 6.77. The van der Waals surface area contributed by atoms with E-state index in [9.17, 15) is 9.18 Å². The lowest BCUT2D eigenvalue weighted by Gasteiger charge is -2.19. The van der Waals surface area contributed by atoms with Crippen molar-refractivity contribution in [1.29, 1.82) is 0 Å². The molecule has 128 valence electrons. The van der Waals surface area contributed by atoms with E-state index in [4.69, 9.17) is 0 Å². The van der Waals surface area contributed by atoms with Crippen molar-refractivity contribution in [3.63, 3.8) is 0 Å². The number of carbonyl (C=O) groups is 1. The van der Waals surface area contributed by atoms with Crippen LogP contribution >= 0.6 is 0 Å². The SMILES string of the molecule is CC(C)n1cnc(C(=O)N2CCC[C@@H](c3ccc(F)cc3)CC2)c1. The van der Waals surface area contributed by atoms with Crippen LogP contribution in [0.15, 0.2) is 36.8 Å². The highest BCUT2D eigenvalue weighted by Gasteiger charge is 2.24. The van der Waals surface area contributed by atoms with Gasteiger partial charge in [-0.1, -0.05) is 12.1 Å². The number of amides is 1. The quantitative estimate of drug-likeness (QED) is 0.853. The molecule has 1 aliphatic heterocycles. The van der Waals surface area contributed by atoms with Crippen LogP contribution in [0.3, 0.4) is 0 Å². The number of likely N-dealkylation sites (tertiary alicyclic amines) is 1. The zero-order valence-corrected chi connectivity index (χ0v) is 14.3. The first-order valence-electron chi connectivity index (χ1n) is 8.63. The molecule has 0 saturated carbocycles. The van der Waals surface area contributed by atoms with Gasteiger partial charge >= 0.3 is 0 Å². The second-order valence-electron chi connectivity index (χ2n) is 6.77. The van der Waals surface area contributed by atoms with Crippen LogP contribution in [0.2, 0.25) is 0 Å². The van der Waals surface area contributed by atoms with Gasteiger partial charge in [-0.2, -0.15) is 0 Å². The van der Waals surface area contributed by atoms with Crippen molar-refractivity contribution in [3.8, 4) is 0 Å². The lowest BCUT2D eigenvalue weighted by Crippen LogP contribution is -2.32. The predicted octanol–water partition coefficient (Wildman–Crippen LogP) is 4.01. The fraction of sp³-hybridized carbons (Fsp3) is 0.474. The van der Waals surface area contributed by atoms with E-state index in [1.807, 2.05) is 27.8 Å². The summed E-state index contributed by atoms with van der Waals surface area (Å²) in [6.45, 7) is 5.60. The van der Waals surface area contributed by atoms with Gasteiger partial charge in [-0.05, 0) is 56.7 Å². The van der Waals surface area contributed by atoms with E-state index in [-0.39, 0.29) is 11.7 Å². The van der Waals surface area contributed by atoms with Gasteiger partial charge < -0.3 is 9.47 Å². The van der Waals surface area contributed by atoms with Crippen molar-refractivity contribution >= 4 is 5.91 Å². The van der Waals surface area contributed by atoms with Crippen molar-refractivity contribution in [2.24, 2.45) is 0 Å². The summed E-state index contributed by atoms with van der Waals surface area (Å²) in [4.78, 5) is 18.8. The number of nitrogens with zero attached hydrogens (tertiary/aromatic N) is 3. The van der Waals surface area contributed by atoms with Gasteiger partial charge in [0.2, 0.25) is 0 Å². The summed E-state index contributed by atoms with van der Waals surface area (Å²) in [5.74, 6) is 0.190. The lowest BCUT2D eigenvalue weighted by atomic mass is 9.92. The van der Waals surface area contributed by atoms with Gasteiger partial charge in [0.25, 0.3) is 5.91 Å². The molecule has 0 unspecified atom stereocenters. The van der Waals surface area contributed by atoms with Gasteiger partial charge in [-0.25, -0.2) is 9.37 Å². The Kier molecular flexibility index (Phi) is 4.97. The Labute approximate surface area is 142 Å². The van der Waals surface area contributed by atoms with Crippen molar-refractivity contribution in [2.75, 3.05) is 13.1 Å². The molecule has 2 aromatic rings. The third-order valence-electron chi connectivity index (χ3n) is 4.77. The van der Waals surface area contributed by atoms with Gasteiger partial charge in [-0.3, -0.25) is 4.79 Å². The molecule has 4 nitrogen and oxygen atoms in total. The summed E-state index contributed by atoms with van der Waals surface area (Å²) in [5.41, 5.74) is 1.68. The summed E-state index contributed by atoms with van der Waals surface area (Å²) in [7, 11) is 0. The molecule has 1 aliphatic rings. The van der Waals surface area contributed by atoms with Crippen LogP contribution in [0, 0.1) is 5.82 Å². The Morgan fingerprint density at radius 3 is 2.62 bits per heavy atom. The molecular weight excluding hydrogens is 305 g/mol. The van der Waals surface area contributed by atoms with Crippen LogP contribution in [0.5, 0.6) is 0 Å². The van der Waals surface area contributed by atoms with Gasteiger partial charge in [-0.15, -0.1) is 0 Å². The van der Waals surface area contributed by atoms with Crippen molar-refractivity contribution in [1.82, 2.24) is 14.5 Å². The molecule has 1 atom stereocenters. The van der Waals surface area contributed by atoms with Crippen molar-refractivity contribution < 1.29 is 9.18 Å². The van der Waals surface area contributed by atoms with Gasteiger partial charge in [0.05, 0.1) is 6.33 Å². The molecule has 0 N–H and O–H groups in total. The second kappa shape index (κ2) is 7.16. The fourth-order valence-corrected chi connectivity index (χ4v) is 3.26. The average molecular weight is 329 g/mol. The molecule has 1 saturated heterocycles. The van der Waals surface area contributed by atoms with E-state index in [1.54, 1.807) is 6.33 Å². The summed E-state index contributed by atoms with van der Waals surface area (Å²) in [6.07, 6.45) is 6.43. The number of rotatable bonds is 3. The standard InChI is InChI=1S/C19H24FN3O/c1-14(2)23-12-18(21-13-23)19(24)22-10-3-4-15(9-11-22)16-5-7-17(20)8-6-16/h5-8,12-15H,3-4,9-11H2,1-2H3/t15-/m1/s1. The van der Waals surface area contributed by atoms with E-state index in [2.05, 4.69) is 18.8 Å². The van der Waals surface area contributed by atoms with Gasteiger partial charge in [0, 0.05) is 25.3 Å². The average Bonchev–Trinajstić information content (AvgIpc) is 2.94. The molecule has 1 amide bonds. The van der Waals surface area contributed by atoms with Crippen LogP contribution in [0.1, 0.15) is 61.1 Å². The molecule has 1 aromatic carbocycles. The first-order chi connectivity index (χ1) is 11.5. The highest BCUT2D eigenvalue weighted by molar-refractivity contribution is 5.92. The van der Waals surface area contributed by atoms with Gasteiger partial charge in [0.1, 0.15) is 11.5 Å². The Bertz CT molecular complexity index is 693. The Morgan fingerprint density at radius 2 is 1.96 bits per heavy atom. The number of hydrogen-bond donors (Lipinski definition) is 0. The minimum absolute atomic E-state index is 0.00848. The Balaban J connectivity index is 1.66. The van der Waals surface area contributed by atoms with Crippen LogP contribution in [-0.2, 0) is 0 Å². The highest BCUT2D eigenvalue weighted by Crippen LogP contribution is 2.28. The van der Waals surface area contributed by atoms with Crippen LogP contribution < -0.4 is 0 Å². The molecule has 1 aromatic heterocycles. The molecule has 1 fully saturated rings. The van der Waals surface area contributed by atoms with Crippen molar-refractivity contribution in [2.45, 2.75) is 45.1 Å². The molecule has 5 heteroatoms. The monoisotopic (exact) mass is 329 g/mol. The zero-order chi connectivity index (χ0) is 17.1. The minimum atomic E-state index is -0.204. The van der Waals surface area contributed by atoms with Crippen LogP contribution in [0.25, 0.3) is 0 Å². The summed E-state index contributed by atoms with van der Waals surface area (Å²) in [6, 6.07) is 7.05. The smallest absolute Gasteiger partial charge is 0.274 e. The maximum absolute atomic E-state index is 13.1. The minimum Gasteiger partial charge on any atom is -0.337 e. The number of aromatic nitrogens is 2. The number of halogens is 1. The topological polar surface area (TPSA) is 38.1 Å². The third kappa shape index (κ3) is 3.66. The molecule has 3 rings (SSSR count). The molecule has 2 heterocycles. The Hall–Kier alpha value is -2.17. The first-order valence-corrected chi connectivity index (χ1v) is 8.63. The fourth-order valence-electron chi connectivity index (χ4n) is 3.26. The van der Waals surface area contributed by atoms with Crippen molar-refractivity contribution in [3.05, 3.63) is 53.9 Å². The number of carbonyl (C=O) groups excluding carboxylic acids is 1. The third-order valence-corrected chi connectivity index (χ3v) is 4.77. The first kappa shape index (κ1) is 16.7. The summed E-state index contributed by atoms with van der Waals surface area (Å²) >= 11 is 0.